The highest BCUT2D eigenvalue weighted by molar-refractivity contribution is 8.00. The fraction of sp³-hybridized carbons (Fsp3) is 0.375. The van der Waals surface area contributed by atoms with Gasteiger partial charge in [0.15, 0.2) is 11.0 Å². The van der Waals surface area contributed by atoms with Gasteiger partial charge >= 0.3 is 6.03 Å². The molecular formula is C16H19N5O3S. The van der Waals surface area contributed by atoms with E-state index in [0.29, 0.717) is 30.6 Å². The first kappa shape index (κ1) is 17.3. The maximum Gasteiger partial charge on any atom is 0.324 e. The Morgan fingerprint density at radius 3 is 2.96 bits per heavy atom. The average Bonchev–Trinajstić information content (AvgIpc) is 3.29. The van der Waals surface area contributed by atoms with E-state index in [1.54, 1.807) is 19.3 Å². The van der Waals surface area contributed by atoms with Crippen molar-refractivity contribution in [1.29, 1.82) is 0 Å². The van der Waals surface area contributed by atoms with Crippen LogP contribution in [0.5, 0.6) is 0 Å². The third kappa shape index (κ3) is 3.32. The van der Waals surface area contributed by atoms with Gasteiger partial charge < -0.3 is 9.73 Å². The molecule has 0 aromatic carbocycles. The van der Waals surface area contributed by atoms with Gasteiger partial charge in [-0.2, -0.15) is 0 Å². The van der Waals surface area contributed by atoms with Crippen molar-refractivity contribution in [2.75, 3.05) is 13.1 Å². The van der Waals surface area contributed by atoms with Crippen LogP contribution in [-0.2, 0) is 11.3 Å². The number of allylic oxidation sites excluding steroid dienone is 1. The molecule has 3 rings (SSSR count). The van der Waals surface area contributed by atoms with Crippen LogP contribution in [0.3, 0.4) is 0 Å². The predicted molar refractivity (Wildman–Crippen MR) is 93.1 cm³/mol. The molecule has 2 aromatic heterocycles. The van der Waals surface area contributed by atoms with E-state index in [-0.39, 0.29) is 11.9 Å². The fourth-order valence-corrected chi connectivity index (χ4v) is 3.52. The van der Waals surface area contributed by atoms with Crippen molar-refractivity contribution in [1.82, 2.24) is 25.0 Å². The number of aromatic nitrogens is 3. The monoisotopic (exact) mass is 361 g/mol. The number of nitrogens with zero attached hydrogens (tertiary/aromatic N) is 4. The van der Waals surface area contributed by atoms with Crippen molar-refractivity contribution >= 4 is 23.7 Å². The molecule has 1 atom stereocenters. The Hall–Kier alpha value is -2.55. The number of hydrogen-bond donors (Lipinski definition) is 1. The highest BCUT2D eigenvalue weighted by Gasteiger charge is 2.31. The van der Waals surface area contributed by atoms with E-state index < -0.39 is 5.25 Å². The molecule has 0 unspecified atom stereocenters. The molecule has 9 heteroatoms. The van der Waals surface area contributed by atoms with Gasteiger partial charge in [-0.05, 0) is 19.9 Å². The molecule has 2 aromatic rings. The number of imide groups is 1. The van der Waals surface area contributed by atoms with E-state index in [0.717, 1.165) is 11.3 Å². The van der Waals surface area contributed by atoms with Crippen LogP contribution in [-0.4, -0.2) is 49.9 Å². The van der Waals surface area contributed by atoms with Gasteiger partial charge in [-0.3, -0.25) is 14.3 Å². The van der Waals surface area contributed by atoms with Crippen LogP contribution in [0.1, 0.15) is 12.7 Å². The number of nitrogens with one attached hydrogen (secondary N) is 1. The number of aryl methyl sites for hydroxylation is 1. The minimum Gasteiger partial charge on any atom is -0.469 e. The van der Waals surface area contributed by atoms with Crippen LogP contribution in [0.25, 0.3) is 11.4 Å². The lowest BCUT2D eigenvalue weighted by atomic mass is 10.2. The van der Waals surface area contributed by atoms with Crippen LogP contribution in [0, 0.1) is 6.92 Å². The molecule has 1 fully saturated rings. The molecule has 0 saturated carbocycles. The summed E-state index contributed by atoms with van der Waals surface area (Å²) < 4.78 is 7.22. The summed E-state index contributed by atoms with van der Waals surface area (Å²) in [6.07, 6.45) is 3.34. The summed E-state index contributed by atoms with van der Waals surface area (Å²) in [7, 11) is 0. The molecular weight excluding hydrogens is 342 g/mol. The van der Waals surface area contributed by atoms with Crippen LogP contribution < -0.4 is 5.32 Å². The van der Waals surface area contributed by atoms with Gasteiger partial charge in [-0.15, -0.1) is 16.8 Å². The van der Waals surface area contributed by atoms with Gasteiger partial charge in [-0.1, -0.05) is 17.8 Å². The Morgan fingerprint density at radius 1 is 1.56 bits per heavy atom. The van der Waals surface area contributed by atoms with Crippen molar-refractivity contribution in [2.45, 2.75) is 30.8 Å². The molecule has 3 amide bonds. The quantitative estimate of drug-likeness (QED) is 0.625. The van der Waals surface area contributed by atoms with E-state index in [4.69, 9.17) is 4.42 Å². The van der Waals surface area contributed by atoms with Crippen LogP contribution in [0.4, 0.5) is 4.79 Å². The van der Waals surface area contributed by atoms with Gasteiger partial charge in [0.25, 0.3) is 0 Å². The molecule has 1 aliphatic heterocycles. The fourth-order valence-electron chi connectivity index (χ4n) is 2.60. The maximum atomic E-state index is 12.5. The lowest BCUT2D eigenvalue weighted by Gasteiger charge is -2.17. The Balaban J connectivity index is 1.83. The van der Waals surface area contributed by atoms with Gasteiger partial charge in [0, 0.05) is 19.6 Å². The second kappa shape index (κ2) is 7.14. The Morgan fingerprint density at radius 2 is 2.36 bits per heavy atom. The minimum absolute atomic E-state index is 0.241. The first-order valence-electron chi connectivity index (χ1n) is 7.87. The summed E-state index contributed by atoms with van der Waals surface area (Å²) in [4.78, 5) is 25.4. The van der Waals surface area contributed by atoms with Gasteiger partial charge in [-0.25, -0.2) is 4.79 Å². The number of hydrogen-bond acceptors (Lipinski definition) is 6. The zero-order valence-corrected chi connectivity index (χ0v) is 14.9. The van der Waals surface area contributed by atoms with E-state index >= 15 is 0 Å². The van der Waals surface area contributed by atoms with E-state index in [9.17, 15) is 9.59 Å². The summed E-state index contributed by atoms with van der Waals surface area (Å²) in [5.74, 6) is 1.16. The second-order valence-electron chi connectivity index (χ2n) is 5.58. The van der Waals surface area contributed by atoms with Crippen LogP contribution >= 0.6 is 11.8 Å². The number of rotatable bonds is 6. The number of carbonyl (C=O) groups excluding carboxylic acids is 2. The first-order chi connectivity index (χ1) is 12.0. The van der Waals surface area contributed by atoms with Crippen LogP contribution in [0.15, 0.2) is 34.6 Å². The van der Waals surface area contributed by atoms with E-state index in [1.807, 2.05) is 17.6 Å². The summed E-state index contributed by atoms with van der Waals surface area (Å²) in [6.45, 7) is 8.76. The van der Waals surface area contributed by atoms with Gasteiger partial charge in [0.2, 0.25) is 5.91 Å². The first-order valence-corrected chi connectivity index (χ1v) is 8.75. The molecule has 0 radical (unpaired) electrons. The number of urea groups is 1. The highest BCUT2D eigenvalue weighted by atomic mass is 32.2. The van der Waals surface area contributed by atoms with E-state index in [2.05, 4.69) is 22.1 Å². The molecule has 0 bridgehead atoms. The number of amides is 3. The molecule has 3 heterocycles. The molecule has 0 aliphatic carbocycles. The standard InChI is InChI=1S/C16H19N5O3S/c1-4-7-20-13(12-5-9-24-10(12)2)18-19-16(20)25-11(3)14(22)21-8-6-17-15(21)23/h4-5,9,11H,1,6-8H2,2-3H3,(H,17,23)/t11-/m0/s1. The highest BCUT2D eigenvalue weighted by Crippen LogP contribution is 2.29. The van der Waals surface area contributed by atoms with E-state index in [1.165, 1.54) is 16.7 Å². The average molecular weight is 361 g/mol. The van der Waals surface area contributed by atoms with Crippen molar-refractivity contribution in [3.63, 3.8) is 0 Å². The predicted octanol–water partition coefficient (Wildman–Crippen LogP) is 2.06. The lowest BCUT2D eigenvalue weighted by Crippen LogP contribution is -2.39. The Bertz CT molecular complexity index is 813. The third-order valence-corrected chi connectivity index (χ3v) is 4.95. The topological polar surface area (TPSA) is 93.3 Å². The lowest BCUT2D eigenvalue weighted by molar-refractivity contribution is -0.126. The zero-order valence-electron chi connectivity index (χ0n) is 14.1. The number of carbonyl (C=O) groups is 2. The molecule has 1 saturated heterocycles. The minimum atomic E-state index is -0.463. The summed E-state index contributed by atoms with van der Waals surface area (Å²) >= 11 is 1.27. The van der Waals surface area contributed by atoms with Gasteiger partial charge in [0.1, 0.15) is 5.76 Å². The van der Waals surface area contributed by atoms with Crippen LogP contribution in [0.2, 0.25) is 0 Å². The van der Waals surface area contributed by atoms with Gasteiger partial charge in [0.05, 0.1) is 17.1 Å². The smallest absolute Gasteiger partial charge is 0.324 e. The Kier molecular flexibility index (Phi) is 4.93. The summed E-state index contributed by atoms with van der Waals surface area (Å²) in [5, 5.41) is 11.2. The van der Waals surface area contributed by atoms with Crippen molar-refractivity contribution in [2.24, 2.45) is 0 Å². The number of thioether (sulfide) groups is 1. The van der Waals surface area contributed by atoms with Crippen molar-refractivity contribution in [3.8, 4) is 11.4 Å². The molecule has 132 valence electrons. The maximum absolute atomic E-state index is 12.5. The molecule has 1 N–H and O–H groups in total. The summed E-state index contributed by atoms with van der Waals surface area (Å²) in [6, 6.07) is 1.48. The zero-order chi connectivity index (χ0) is 18.0. The normalized spacial score (nSPS) is 15.3. The number of furan rings is 1. The Labute approximate surface area is 149 Å². The largest absolute Gasteiger partial charge is 0.469 e. The molecule has 1 aliphatic rings. The molecule has 25 heavy (non-hydrogen) atoms. The van der Waals surface area contributed by atoms with Crippen molar-refractivity contribution < 1.29 is 14.0 Å². The SMILES string of the molecule is C=CCn1c(S[C@@H](C)C(=O)N2CCNC2=O)nnc1-c1ccoc1C. The molecule has 8 nitrogen and oxygen atoms in total. The second-order valence-corrected chi connectivity index (χ2v) is 6.89. The molecule has 0 spiro atoms. The van der Waals surface area contributed by atoms with Crippen molar-refractivity contribution in [3.05, 3.63) is 30.7 Å². The summed E-state index contributed by atoms with van der Waals surface area (Å²) in [5.41, 5.74) is 0.846. The third-order valence-electron chi connectivity index (χ3n) is 3.88.